The summed E-state index contributed by atoms with van der Waals surface area (Å²) in [5.74, 6) is -3.13. The quantitative estimate of drug-likeness (QED) is 0.502. The molecule has 2 N–H and O–H groups in total. The van der Waals surface area contributed by atoms with E-state index in [1.54, 1.807) is 0 Å². The number of esters is 1. The van der Waals surface area contributed by atoms with Gasteiger partial charge in [-0.15, -0.1) is 0 Å². The summed E-state index contributed by atoms with van der Waals surface area (Å²) in [7, 11) is 1.15. The molecule has 2 rings (SSSR count). The third kappa shape index (κ3) is 2.64. The highest BCUT2D eigenvalue weighted by molar-refractivity contribution is 6.12. The Labute approximate surface area is 114 Å². The summed E-state index contributed by atoms with van der Waals surface area (Å²) in [5.41, 5.74) is 0.337. The zero-order chi connectivity index (χ0) is 14.7. The van der Waals surface area contributed by atoms with Gasteiger partial charge in [0, 0.05) is 6.07 Å². The average molecular weight is 276 g/mol. The highest BCUT2D eigenvalue weighted by atomic mass is 16.5. The Morgan fingerprint density at radius 1 is 1.20 bits per heavy atom. The first-order valence-corrected chi connectivity index (χ1v) is 5.70. The number of ketones is 1. The summed E-state index contributed by atoms with van der Waals surface area (Å²) in [4.78, 5) is 24.1. The molecule has 0 radical (unpaired) electrons. The molecule has 6 nitrogen and oxygen atoms in total. The van der Waals surface area contributed by atoms with Gasteiger partial charge in [0.15, 0.2) is 5.78 Å². The molecule has 1 aromatic carbocycles. The number of methoxy groups -OCH3 is 1. The van der Waals surface area contributed by atoms with Crippen molar-refractivity contribution in [2.24, 2.45) is 0 Å². The molecule has 1 unspecified atom stereocenters. The molecule has 1 atom stereocenters. The van der Waals surface area contributed by atoms with Crippen molar-refractivity contribution in [3.05, 3.63) is 47.9 Å². The molecule has 0 aliphatic carbocycles. The summed E-state index contributed by atoms with van der Waals surface area (Å²) < 4.78 is 9.42. The minimum absolute atomic E-state index is 0.139. The molecule has 20 heavy (non-hydrogen) atoms. The fourth-order valence-corrected chi connectivity index (χ4v) is 1.87. The number of rotatable bonds is 4. The summed E-state index contributed by atoms with van der Waals surface area (Å²) >= 11 is 0. The maximum Gasteiger partial charge on any atom is 0.321 e. The highest BCUT2D eigenvalue weighted by Crippen LogP contribution is 2.29. The molecular formula is C14H12O6. The number of carbonyl (C=O) groups excluding carboxylic acids is 2. The van der Waals surface area contributed by atoms with E-state index in [1.165, 1.54) is 30.7 Å². The van der Waals surface area contributed by atoms with Crippen LogP contribution in [0.3, 0.4) is 0 Å². The number of phenolic OH excluding ortho intramolecular Hbond substituents is 2. The molecule has 0 fully saturated rings. The number of Topliss-reactive ketones (excluding diaryl/α,β-unsaturated/α-hetero) is 1. The molecule has 6 heteroatoms. The fourth-order valence-electron chi connectivity index (χ4n) is 1.87. The van der Waals surface area contributed by atoms with Crippen molar-refractivity contribution in [1.82, 2.24) is 0 Å². The molecule has 1 heterocycles. The molecule has 0 spiro atoms. The van der Waals surface area contributed by atoms with Gasteiger partial charge >= 0.3 is 5.97 Å². The molecule has 0 aliphatic heterocycles. The van der Waals surface area contributed by atoms with E-state index >= 15 is 0 Å². The highest BCUT2D eigenvalue weighted by Gasteiger charge is 2.31. The fraction of sp³-hybridized carbons (Fsp3) is 0.143. The van der Waals surface area contributed by atoms with E-state index in [0.29, 0.717) is 0 Å². The Morgan fingerprint density at radius 3 is 2.35 bits per heavy atom. The van der Waals surface area contributed by atoms with Crippen LogP contribution in [-0.4, -0.2) is 29.1 Å². The summed E-state index contributed by atoms with van der Waals surface area (Å²) in [6, 6.07) is 4.96. The van der Waals surface area contributed by atoms with E-state index < -0.39 is 17.7 Å². The number of hydrogen-bond acceptors (Lipinski definition) is 6. The number of aromatic hydroxyl groups is 2. The van der Waals surface area contributed by atoms with Gasteiger partial charge < -0.3 is 19.4 Å². The van der Waals surface area contributed by atoms with Crippen molar-refractivity contribution < 1.29 is 29.0 Å². The third-order valence-corrected chi connectivity index (χ3v) is 2.76. The number of benzene rings is 1. The zero-order valence-corrected chi connectivity index (χ0v) is 10.6. The topological polar surface area (TPSA) is 97.0 Å². The SMILES string of the molecule is COC(=O)C(C(=O)c1ccoc1)c1cc(O)cc(O)c1. The minimum Gasteiger partial charge on any atom is -0.508 e. The van der Waals surface area contributed by atoms with Gasteiger partial charge in [0.25, 0.3) is 0 Å². The second-order valence-electron chi connectivity index (χ2n) is 4.12. The predicted octanol–water partition coefficient (Wildman–Crippen LogP) is 1.83. The van der Waals surface area contributed by atoms with Crippen LogP contribution < -0.4 is 0 Å². The molecule has 104 valence electrons. The smallest absolute Gasteiger partial charge is 0.321 e. The van der Waals surface area contributed by atoms with E-state index in [2.05, 4.69) is 4.74 Å². The van der Waals surface area contributed by atoms with Crippen LogP contribution in [0.2, 0.25) is 0 Å². The molecule has 0 saturated heterocycles. The van der Waals surface area contributed by atoms with Crippen molar-refractivity contribution in [3.8, 4) is 11.5 Å². The van der Waals surface area contributed by atoms with Crippen LogP contribution in [0.5, 0.6) is 11.5 Å². The monoisotopic (exact) mass is 276 g/mol. The van der Waals surface area contributed by atoms with Gasteiger partial charge in [0.05, 0.1) is 18.9 Å². The lowest BCUT2D eigenvalue weighted by molar-refractivity contribution is -0.141. The predicted molar refractivity (Wildman–Crippen MR) is 67.6 cm³/mol. The molecule has 0 bridgehead atoms. The van der Waals surface area contributed by atoms with Crippen LogP contribution >= 0.6 is 0 Å². The first-order valence-electron chi connectivity index (χ1n) is 5.70. The molecule has 0 amide bonds. The Bertz CT molecular complexity index is 609. The maximum atomic E-state index is 12.3. The van der Waals surface area contributed by atoms with Crippen LogP contribution in [0.4, 0.5) is 0 Å². The molecular weight excluding hydrogens is 264 g/mol. The Hall–Kier alpha value is -2.76. The zero-order valence-electron chi connectivity index (χ0n) is 10.6. The number of phenols is 2. The Kier molecular flexibility index (Phi) is 3.74. The van der Waals surface area contributed by atoms with E-state index in [1.807, 2.05) is 0 Å². The number of hydrogen-bond donors (Lipinski definition) is 2. The third-order valence-electron chi connectivity index (χ3n) is 2.76. The van der Waals surface area contributed by atoms with Crippen molar-refractivity contribution in [3.63, 3.8) is 0 Å². The van der Waals surface area contributed by atoms with E-state index in [4.69, 9.17) is 4.42 Å². The van der Waals surface area contributed by atoms with Crippen molar-refractivity contribution >= 4 is 11.8 Å². The summed E-state index contributed by atoms with van der Waals surface area (Å²) in [6.45, 7) is 0. The average Bonchev–Trinajstić information content (AvgIpc) is 2.91. The molecule has 0 aliphatic rings. The van der Waals surface area contributed by atoms with E-state index in [-0.39, 0.29) is 22.6 Å². The molecule has 2 aromatic rings. The second-order valence-corrected chi connectivity index (χ2v) is 4.12. The number of furan rings is 1. The molecule has 0 saturated carbocycles. The van der Waals surface area contributed by atoms with Crippen molar-refractivity contribution in [1.29, 1.82) is 0 Å². The van der Waals surface area contributed by atoms with Crippen LogP contribution in [0.15, 0.2) is 41.2 Å². The Balaban J connectivity index is 2.47. The van der Waals surface area contributed by atoms with Gasteiger partial charge in [-0.2, -0.15) is 0 Å². The lowest BCUT2D eigenvalue weighted by atomic mass is 9.91. The van der Waals surface area contributed by atoms with Crippen LogP contribution in [0, 0.1) is 0 Å². The van der Waals surface area contributed by atoms with Crippen LogP contribution in [0.25, 0.3) is 0 Å². The van der Waals surface area contributed by atoms with Gasteiger partial charge in [0.1, 0.15) is 23.7 Å². The largest absolute Gasteiger partial charge is 0.508 e. The lowest BCUT2D eigenvalue weighted by Crippen LogP contribution is -2.23. The second kappa shape index (κ2) is 5.48. The van der Waals surface area contributed by atoms with E-state index in [9.17, 15) is 19.8 Å². The first kappa shape index (κ1) is 13.7. The van der Waals surface area contributed by atoms with Gasteiger partial charge in [0.2, 0.25) is 0 Å². The van der Waals surface area contributed by atoms with Crippen molar-refractivity contribution in [2.45, 2.75) is 5.92 Å². The van der Waals surface area contributed by atoms with Gasteiger partial charge in [-0.1, -0.05) is 0 Å². The normalized spacial score (nSPS) is 11.8. The van der Waals surface area contributed by atoms with E-state index in [0.717, 1.165) is 13.2 Å². The molecule has 1 aromatic heterocycles. The number of carbonyl (C=O) groups is 2. The first-order chi connectivity index (χ1) is 9.52. The summed E-state index contributed by atoms with van der Waals surface area (Å²) in [5, 5.41) is 18.9. The summed E-state index contributed by atoms with van der Waals surface area (Å²) in [6.07, 6.45) is 2.52. The van der Waals surface area contributed by atoms with Crippen LogP contribution in [-0.2, 0) is 9.53 Å². The standard InChI is InChI=1S/C14H12O6/c1-19-14(18)12(13(17)8-2-3-20-7-8)9-4-10(15)6-11(16)5-9/h2-7,12,15-16H,1H3. The Morgan fingerprint density at radius 2 is 1.85 bits per heavy atom. The minimum atomic E-state index is -1.28. The van der Waals surface area contributed by atoms with Gasteiger partial charge in [-0.3, -0.25) is 9.59 Å². The maximum absolute atomic E-state index is 12.3. The number of ether oxygens (including phenoxy) is 1. The van der Waals surface area contributed by atoms with Crippen molar-refractivity contribution in [2.75, 3.05) is 7.11 Å². The van der Waals surface area contributed by atoms with Gasteiger partial charge in [-0.25, -0.2) is 0 Å². The lowest BCUT2D eigenvalue weighted by Gasteiger charge is -2.13. The van der Waals surface area contributed by atoms with Crippen LogP contribution in [0.1, 0.15) is 21.8 Å². The van der Waals surface area contributed by atoms with Gasteiger partial charge in [-0.05, 0) is 23.8 Å².